The molecular formula is C22H21FN2O4. The third-order valence-electron chi connectivity index (χ3n) is 4.70. The molecule has 0 saturated carbocycles. The van der Waals surface area contributed by atoms with Gasteiger partial charge in [0, 0.05) is 46.8 Å². The Kier molecular flexibility index (Phi) is 5.77. The van der Waals surface area contributed by atoms with Crippen LogP contribution in [0.2, 0.25) is 0 Å². The first kappa shape index (κ1) is 20.3. The van der Waals surface area contributed by atoms with Crippen molar-refractivity contribution in [1.29, 1.82) is 0 Å². The van der Waals surface area contributed by atoms with E-state index in [4.69, 9.17) is 4.42 Å². The van der Waals surface area contributed by atoms with Gasteiger partial charge in [-0.15, -0.1) is 0 Å². The Bertz CT molecular complexity index is 1130. The van der Waals surface area contributed by atoms with Crippen molar-refractivity contribution in [2.75, 3.05) is 6.54 Å². The van der Waals surface area contributed by atoms with Gasteiger partial charge in [-0.25, -0.2) is 9.18 Å². The highest BCUT2D eigenvalue weighted by atomic mass is 19.1. The molecule has 0 spiro atoms. The van der Waals surface area contributed by atoms with Crippen LogP contribution in [0.1, 0.15) is 37.7 Å². The fraction of sp³-hybridized carbons (Fsp3) is 0.227. The van der Waals surface area contributed by atoms with Gasteiger partial charge in [0.15, 0.2) is 11.6 Å². The third-order valence-corrected chi connectivity index (χ3v) is 4.70. The second-order valence-electron chi connectivity index (χ2n) is 6.58. The van der Waals surface area contributed by atoms with E-state index in [9.17, 15) is 19.4 Å². The Hall–Kier alpha value is -3.48. The largest absolute Gasteiger partial charge is 0.504 e. The number of nitrogens with zero attached hydrogens (tertiary/aromatic N) is 2. The van der Waals surface area contributed by atoms with Crippen molar-refractivity contribution in [3.8, 4) is 0 Å². The van der Waals surface area contributed by atoms with E-state index in [0.29, 0.717) is 12.0 Å². The first-order chi connectivity index (χ1) is 13.9. The summed E-state index contributed by atoms with van der Waals surface area (Å²) in [5.74, 6) is -3.23. The fourth-order valence-corrected chi connectivity index (χ4v) is 3.21. The highest BCUT2D eigenvalue weighted by molar-refractivity contribution is 6.10. The molecule has 0 aliphatic carbocycles. The van der Waals surface area contributed by atoms with Crippen molar-refractivity contribution in [3.05, 3.63) is 64.5 Å². The zero-order valence-electron chi connectivity index (χ0n) is 16.4. The average molecular weight is 396 g/mol. The lowest BCUT2D eigenvalue weighted by molar-refractivity contribution is -0.132. The van der Waals surface area contributed by atoms with Crippen LogP contribution in [0, 0.1) is 0 Å². The van der Waals surface area contributed by atoms with Crippen molar-refractivity contribution in [3.63, 3.8) is 0 Å². The molecular weight excluding hydrogens is 375 g/mol. The molecule has 0 saturated heterocycles. The van der Waals surface area contributed by atoms with Gasteiger partial charge in [0.05, 0.1) is 0 Å². The second kappa shape index (κ2) is 8.26. The summed E-state index contributed by atoms with van der Waals surface area (Å²) in [7, 11) is 0. The first-order valence-electron chi connectivity index (χ1n) is 9.10. The SMILES string of the molecule is C/C=C\N=C(C)c1cccc2c3c(oc12)/C(C)=C(\F)C(O)=C(C(=O)O)C=NCC3. The highest BCUT2D eigenvalue weighted by Crippen LogP contribution is 2.36. The predicted molar refractivity (Wildman–Crippen MR) is 111 cm³/mol. The molecule has 0 fully saturated rings. The van der Waals surface area contributed by atoms with Gasteiger partial charge in [-0.1, -0.05) is 18.2 Å². The summed E-state index contributed by atoms with van der Waals surface area (Å²) in [5.41, 5.74) is 2.23. The van der Waals surface area contributed by atoms with Crippen LogP contribution in [0.25, 0.3) is 16.5 Å². The van der Waals surface area contributed by atoms with E-state index < -0.39 is 23.1 Å². The lowest BCUT2D eigenvalue weighted by Gasteiger charge is -2.08. The molecule has 0 bridgehead atoms. The number of furan rings is 1. The van der Waals surface area contributed by atoms with E-state index in [0.717, 1.165) is 28.4 Å². The zero-order valence-corrected chi connectivity index (χ0v) is 16.4. The molecule has 0 unspecified atom stereocenters. The van der Waals surface area contributed by atoms with Crippen LogP contribution < -0.4 is 0 Å². The summed E-state index contributed by atoms with van der Waals surface area (Å²) < 4.78 is 21.0. The minimum absolute atomic E-state index is 0.0248. The molecule has 1 aliphatic rings. The number of para-hydroxylation sites is 1. The summed E-state index contributed by atoms with van der Waals surface area (Å²) in [6.07, 6.45) is 4.90. The monoisotopic (exact) mass is 396 g/mol. The Morgan fingerprint density at radius 2 is 2.14 bits per heavy atom. The molecule has 29 heavy (non-hydrogen) atoms. The van der Waals surface area contributed by atoms with Gasteiger partial charge in [-0.2, -0.15) is 0 Å². The molecule has 2 aromatic rings. The van der Waals surface area contributed by atoms with Gasteiger partial charge in [-0.3, -0.25) is 9.98 Å². The predicted octanol–water partition coefficient (Wildman–Crippen LogP) is 5.00. The number of allylic oxidation sites excluding steroid dienone is 3. The van der Waals surface area contributed by atoms with Crippen LogP contribution in [0.3, 0.4) is 0 Å². The smallest absolute Gasteiger partial charge is 0.341 e. The van der Waals surface area contributed by atoms with Gasteiger partial charge >= 0.3 is 5.97 Å². The molecule has 1 aromatic heterocycles. The van der Waals surface area contributed by atoms with E-state index in [2.05, 4.69) is 9.98 Å². The lowest BCUT2D eigenvalue weighted by Crippen LogP contribution is -2.09. The number of benzene rings is 1. The molecule has 2 N–H and O–H groups in total. The van der Waals surface area contributed by atoms with Crippen LogP contribution in [-0.2, 0) is 11.2 Å². The van der Waals surface area contributed by atoms with E-state index in [-0.39, 0.29) is 17.9 Å². The van der Waals surface area contributed by atoms with Gasteiger partial charge in [0.25, 0.3) is 0 Å². The van der Waals surface area contributed by atoms with E-state index in [1.807, 2.05) is 38.1 Å². The number of carboxylic acids is 1. The molecule has 2 heterocycles. The van der Waals surface area contributed by atoms with Crippen molar-refractivity contribution in [1.82, 2.24) is 0 Å². The lowest BCUT2D eigenvalue weighted by atomic mass is 10.00. The number of aliphatic hydroxyl groups excluding tert-OH is 1. The van der Waals surface area contributed by atoms with E-state index >= 15 is 0 Å². The maximum Gasteiger partial charge on any atom is 0.341 e. The Labute approximate surface area is 167 Å². The first-order valence-corrected chi connectivity index (χ1v) is 9.10. The maximum atomic E-state index is 14.9. The number of fused-ring (bicyclic) bond motifs is 3. The van der Waals surface area contributed by atoms with Crippen molar-refractivity contribution < 1.29 is 23.8 Å². The maximum absolute atomic E-state index is 14.9. The van der Waals surface area contributed by atoms with Gasteiger partial charge < -0.3 is 14.6 Å². The van der Waals surface area contributed by atoms with Crippen molar-refractivity contribution in [2.24, 2.45) is 9.98 Å². The van der Waals surface area contributed by atoms with Crippen LogP contribution in [0.15, 0.2) is 62.0 Å². The van der Waals surface area contributed by atoms with Crippen LogP contribution in [0.4, 0.5) is 4.39 Å². The molecule has 1 aromatic carbocycles. The Morgan fingerprint density at radius 3 is 2.83 bits per heavy atom. The molecule has 0 radical (unpaired) electrons. The number of aliphatic hydroxyl groups is 1. The number of rotatable bonds is 3. The molecule has 0 amide bonds. The fourth-order valence-electron chi connectivity index (χ4n) is 3.21. The molecule has 1 aliphatic heterocycles. The van der Waals surface area contributed by atoms with Gasteiger partial charge in [0.2, 0.25) is 0 Å². The number of hydrogen-bond donors (Lipinski definition) is 2. The normalized spacial score (nSPS) is 18.6. The number of aliphatic imine (C=N–C) groups is 2. The van der Waals surface area contributed by atoms with Crippen LogP contribution in [0.5, 0.6) is 0 Å². The molecule has 0 atom stereocenters. The number of halogens is 1. The van der Waals surface area contributed by atoms with Crippen LogP contribution in [-0.4, -0.2) is 34.7 Å². The standard InChI is InChI=1S/C22H21FN2O4/c1-4-9-25-13(3)14-6-5-7-15-16-8-10-24-11-17(22(27)28)19(26)18(23)12(2)20(16)29-21(14)15/h4-7,9,11,26H,8,10H2,1-3H3,(H,27,28)/b9-4-,18-12-,19-17?,24-11?,25-13?. The number of carboxylic acid groups (broad SMARTS) is 1. The Morgan fingerprint density at radius 1 is 1.38 bits per heavy atom. The number of carbonyl (C=O) groups is 1. The number of aliphatic carboxylic acids is 1. The van der Waals surface area contributed by atoms with Gasteiger partial charge in [0.1, 0.15) is 16.9 Å². The molecule has 7 heteroatoms. The summed E-state index contributed by atoms with van der Waals surface area (Å²) >= 11 is 0. The molecule has 6 nitrogen and oxygen atoms in total. The van der Waals surface area contributed by atoms with Gasteiger partial charge in [-0.05, 0) is 33.3 Å². The summed E-state index contributed by atoms with van der Waals surface area (Å²) in [4.78, 5) is 19.7. The minimum Gasteiger partial charge on any atom is -0.504 e. The summed E-state index contributed by atoms with van der Waals surface area (Å²) in [5, 5.41) is 20.2. The molecule has 150 valence electrons. The van der Waals surface area contributed by atoms with E-state index in [1.165, 1.54) is 6.92 Å². The number of hydrogen-bond acceptors (Lipinski definition) is 5. The van der Waals surface area contributed by atoms with E-state index in [1.54, 1.807) is 6.20 Å². The Balaban J connectivity index is 2.31. The van der Waals surface area contributed by atoms with Crippen molar-refractivity contribution in [2.45, 2.75) is 27.2 Å². The second-order valence-corrected chi connectivity index (χ2v) is 6.58. The minimum atomic E-state index is -1.46. The summed E-state index contributed by atoms with van der Waals surface area (Å²) in [6.45, 7) is 5.43. The quantitative estimate of drug-likeness (QED) is 0.714. The van der Waals surface area contributed by atoms with Crippen LogP contribution >= 0.6 is 0 Å². The third kappa shape index (κ3) is 3.76. The van der Waals surface area contributed by atoms with Crippen molar-refractivity contribution >= 4 is 34.4 Å². The topological polar surface area (TPSA) is 95.4 Å². The summed E-state index contributed by atoms with van der Waals surface area (Å²) in [6, 6.07) is 5.62. The highest BCUT2D eigenvalue weighted by Gasteiger charge is 2.25. The zero-order chi connectivity index (χ0) is 21.1. The average Bonchev–Trinajstić information content (AvgIpc) is 3.08. The molecule has 3 rings (SSSR count).